The van der Waals surface area contributed by atoms with E-state index in [1.807, 2.05) is 83.7 Å². The number of amides is 4. The highest BCUT2D eigenvalue weighted by Gasteiger charge is 2.31. The Balaban J connectivity index is 2.02. The number of carbonyl (C=O) groups excluding carboxylic acids is 4. The topological polar surface area (TPSA) is 166 Å². The van der Waals surface area contributed by atoms with E-state index in [0.717, 1.165) is 11.5 Å². The molecule has 0 saturated heterocycles. The summed E-state index contributed by atoms with van der Waals surface area (Å²) in [5, 5.41) is 33.2. The zero-order valence-corrected chi connectivity index (χ0v) is 28.2. The fourth-order valence-corrected chi connectivity index (χ4v) is 4.96. The second kappa shape index (κ2) is 18.8. The Bertz CT molecular complexity index is 1100. The van der Waals surface area contributed by atoms with Crippen molar-refractivity contribution in [3.05, 3.63) is 67.5 Å². The number of aliphatic hydroxyl groups excluding tert-OH is 2. The first kappa shape index (κ1) is 39.0. The third-order valence-electron chi connectivity index (χ3n) is 7.25. The van der Waals surface area contributed by atoms with E-state index in [1.54, 1.807) is 20.8 Å². The number of aliphatic hydroxyl groups is 2. The van der Waals surface area contributed by atoms with E-state index < -0.39 is 53.8 Å². The Kier molecular flexibility index (Phi) is 16.0. The third kappa shape index (κ3) is 14.9. The van der Waals surface area contributed by atoms with Crippen molar-refractivity contribution in [3.63, 3.8) is 0 Å². The second-order valence-electron chi connectivity index (χ2n) is 13.6. The first-order chi connectivity index (χ1) is 21.5. The molecule has 0 heterocycles. The van der Waals surface area contributed by atoms with Crippen molar-refractivity contribution in [2.75, 3.05) is 6.54 Å². The van der Waals surface area contributed by atoms with E-state index in [4.69, 9.17) is 4.74 Å². The quantitative estimate of drug-likeness (QED) is 0.152. The summed E-state index contributed by atoms with van der Waals surface area (Å²) in [5.41, 5.74) is 0.0975. The third-order valence-corrected chi connectivity index (χ3v) is 7.25. The van der Waals surface area contributed by atoms with Gasteiger partial charge in [-0.15, -0.1) is 0 Å². The molecule has 0 spiro atoms. The number of benzene rings is 1. The van der Waals surface area contributed by atoms with Crippen LogP contribution >= 0.6 is 0 Å². The van der Waals surface area contributed by atoms with Crippen LogP contribution in [-0.4, -0.2) is 76.5 Å². The summed E-state index contributed by atoms with van der Waals surface area (Å²) >= 11 is 0. The van der Waals surface area contributed by atoms with Gasteiger partial charge in [0.2, 0.25) is 17.7 Å². The molecule has 2 rings (SSSR count). The maximum Gasteiger partial charge on any atom is 0.407 e. The minimum absolute atomic E-state index is 0.0676. The van der Waals surface area contributed by atoms with Gasteiger partial charge in [-0.05, 0) is 76.7 Å². The predicted molar refractivity (Wildman–Crippen MR) is 176 cm³/mol. The van der Waals surface area contributed by atoms with Crippen molar-refractivity contribution in [3.8, 4) is 0 Å². The number of rotatable bonds is 17. The summed E-state index contributed by atoms with van der Waals surface area (Å²) in [6.45, 7) is 13.0. The molecule has 0 bridgehead atoms. The molecule has 0 aromatic heterocycles. The lowest BCUT2D eigenvalue weighted by molar-refractivity contribution is -0.131. The zero-order chi connectivity index (χ0) is 34.4. The normalized spacial score (nSPS) is 17.1. The van der Waals surface area contributed by atoms with Crippen LogP contribution in [-0.2, 0) is 25.5 Å². The SMILES string of the molecule is CC(C)C[C@H](NC(=O)C[C@H](O)[C@H](Cc1ccccc1)NC(=O)OC(C)(C)C)[C@@H](O)CC(=O)N[C@H](C(=O)NC[C]1[CH][CH][CH][CH]1)C(C)C. The van der Waals surface area contributed by atoms with Crippen LogP contribution in [0.3, 0.4) is 0 Å². The lowest BCUT2D eigenvalue weighted by Gasteiger charge is -2.29. The van der Waals surface area contributed by atoms with Crippen LogP contribution in [0.4, 0.5) is 4.79 Å². The highest BCUT2D eigenvalue weighted by molar-refractivity contribution is 5.88. The Hall–Kier alpha value is -3.18. The van der Waals surface area contributed by atoms with Gasteiger partial charge in [0.1, 0.15) is 11.6 Å². The molecule has 5 radical (unpaired) electrons. The molecule has 4 amide bonds. The Labute approximate surface area is 275 Å². The van der Waals surface area contributed by atoms with Gasteiger partial charge >= 0.3 is 6.09 Å². The van der Waals surface area contributed by atoms with Gasteiger partial charge in [0.25, 0.3) is 0 Å². The van der Waals surface area contributed by atoms with Crippen LogP contribution in [0.2, 0.25) is 0 Å². The van der Waals surface area contributed by atoms with E-state index in [2.05, 4.69) is 21.3 Å². The zero-order valence-electron chi connectivity index (χ0n) is 28.2. The smallest absolute Gasteiger partial charge is 0.407 e. The Morgan fingerprint density at radius 1 is 0.804 bits per heavy atom. The van der Waals surface area contributed by atoms with Crippen LogP contribution in [0.25, 0.3) is 0 Å². The van der Waals surface area contributed by atoms with Gasteiger partial charge in [0.05, 0.1) is 37.1 Å². The van der Waals surface area contributed by atoms with Crippen molar-refractivity contribution in [1.82, 2.24) is 21.3 Å². The van der Waals surface area contributed by atoms with E-state index in [1.165, 1.54) is 0 Å². The Morgan fingerprint density at radius 3 is 1.91 bits per heavy atom. The van der Waals surface area contributed by atoms with E-state index >= 15 is 0 Å². The number of ether oxygens (including phenoxy) is 1. The van der Waals surface area contributed by atoms with Crippen LogP contribution in [0.5, 0.6) is 0 Å². The van der Waals surface area contributed by atoms with Crippen LogP contribution in [0.1, 0.15) is 73.3 Å². The van der Waals surface area contributed by atoms with Gasteiger partial charge in [-0.2, -0.15) is 0 Å². The van der Waals surface area contributed by atoms with Gasteiger partial charge in [0.15, 0.2) is 0 Å². The molecule has 11 heteroatoms. The van der Waals surface area contributed by atoms with Crippen molar-refractivity contribution < 1.29 is 34.1 Å². The molecule has 0 unspecified atom stereocenters. The highest BCUT2D eigenvalue weighted by atomic mass is 16.6. The number of hydrogen-bond donors (Lipinski definition) is 6. The number of nitrogens with one attached hydrogen (secondary N) is 4. The fraction of sp³-hybridized carbons (Fsp3) is 0.571. The van der Waals surface area contributed by atoms with Gasteiger partial charge in [0, 0.05) is 12.5 Å². The monoisotopic (exact) mass is 641 g/mol. The van der Waals surface area contributed by atoms with Crippen molar-refractivity contribution >= 4 is 23.8 Å². The average Bonchev–Trinajstić information content (AvgIpc) is 3.47. The van der Waals surface area contributed by atoms with Crippen molar-refractivity contribution in [2.45, 2.75) is 110 Å². The van der Waals surface area contributed by atoms with Crippen LogP contribution in [0.15, 0.2) is 30.3 Å². The predicted octanol–water partition coefficient (Wildman–Crippen LogP) is 2.82. The molecule has 1 aromatic carbocycles. The number of hydrogen-bond acceptors (Lipinski definition) is 7. The molecule has 1 saturated carbocycles. The molecular formula is C35H53N4O7. The molecule has 255 valence electrons. The van der Waals surface area contributed by atoms with Gasteiger partial charge in [-0.1, -0.05) is 58.0 Å². The summed E-state index contributed by atoms with van der Waals surface area (Å²) in [6.07, 6.45) is 4.23. The number of carbonyl (C=O) groups is 4. The summed E-state index contributed by atoms with van der Waals surface area (Å²) in [6, 6.07) is 6.82. The second-order valence-corrected chi connectivity index (χ2v) is 13.6. The standard InChI is InChI=1S/C35H53N4O7/c1-22(2)17-26(28(40)20-31(43)39-32(23(3)4)33(44)36-21-25-15-11-12-16-25)37-30(42)19-29(41)27(18-24-13-9-8-10-14-24)38-34(45)46-35(5,6)7/h8-16,22-23,26-29,32,40-41H,17-21H2,1-7H3,(H,36,44)(H,37,42)(H,38,45)(H,39,43)/t26-,27-,28-,29-,32-/m0/s1. The molecule has 5 atom stereocenters. The lowest BCUT2D eigenvalue weighted by atomic mass is 9.95. The first-order valence-electron chi connectivity index (χ1n) is 16.0. The summed E-state index contributed by atoms with van der Waals surface area (Å²) < 4.78 is 5.37. The summed E-state index contributed by atoms with van der Waals surface area (Å²) in [5.74, 6) is -0.590. The molecule has 46 heavy (non-hydrogen) atoms. The van der Waals surface area contributed by atoms with E-state index in [9.17, 15) is 29.4 Å². The lowest BCUT2D eigenvalue weighted by Crippen LogP contribution is -2.52. The fourth-order valence-electron chi connectivity index (χ4n) is 4.96. The van der Waals surface area contributed by atoms with Crippen molar-refractivity contribution in [1.29, 1.82) is 0 Å². The number of alkyl carbamates (subject to hydrolysis) is 1. The molecule has 1 aliphatic rings. The van der Waals surface area contributed by atoms with Gasteiger partial charge in [-0.3, -0.25) is 14.4 Å². The molecule has 0 aliphatic heterocycles. The summed E-state index contributed by atoms with van der Waals surface area (Å²) in [7, 11) is 0. The largest absolute Gasteiger partial charge is 0.444 e. The van der Waals surface area contributed by atoms with Crippen molar-refractivity contribution in [2.24, 2.45) is 11.8 Å². The maximum atomic E-state index is 13.2. The van der Waals surface area contributed by atoms with Crippen LogP contribution < -0.4 is 21.3 Å². The molecule has 6 N–H and O–H groups in total. The van der Waals surface area contributed by atoms with Crippen LogP contribution in [0, 0.1) is 43.4 Å². The molecule has 1 aliphatic carbocycles. The maximum absolute atomic E-state index is 13.2. The minimum atomic E-state index is -1.27. The molecule has 11 nitrogen and oxygen atoms in total. The molecule has 1 aromatic rings. The van der Waals surface area contributed by atoms with Gasteiger partial charge < -0.3 is 36.2 Å². The summed E-state index contributed by atoms with van der Waals surface area (Å²) in [4.78, 5) is 51.5. The highest BCUT2D eigenvalue weighted by Crippen LogP contribution is 2.22. The average molecular weight is 642 g/mol. The van der Waals surface area contributed by atoms with Gasteiger partial charge in [-0.25, -0.2) is 4.79 Å². The molecular weight excluding hydrogens is 588 g/mol. The van der Waals surface area contributed by atoms with E-state index in [-0.39, 0.29) is 37.0 Å². The molecule has 1 fully saturated rings. The van der Waals surface area contributed by atoms with E-state index in [0.29, 0.717) is 13.0 Å². The Morgan fingerprint density at radius 2 is 1.37 bits per heavy atom. The minimum Gasteiger partial charge on any atom is -0.444 e. The first-order valence-corrected chi connectivity index (χ1v) is 16.0.